The highest BCUT2D eigenvalue weighted by Gasteiger charge is 2.25. The molecule has 1 aromatic carbocycles. The highest BCUT2D eigenvalue weighted by atomic mass is 35.5. The van der Waals surface area contributed by atoms with Gasteiger partial charge in [0.15, 0.2) is 0 Å². The molecule has 1 heterocycles. The van der Waals surface area contributed by atoms with E-state index in [0.717, 1.165) is 18.5 Å². The summed E-state index contributed by atoms with van der Waals surface area (Å²) in [6, 6.07) is 5.32. The number of alkyl halides is 1. The van der Waals surface area contributed by atoms with Gasteiger partial charge in [0.2, 0.25) is 0 Å². The minimum atomic E-state index is -0.191. The summed E-state index contributed by atoms with van der Waals surface area (Å²) in [6.45, 7) is 4.12. The van der Waals surface area contributed by atoms with E-state index in [1.165, 1.54) is 6.07 Å². The van der Waals surface area contributed by atoms with E-state index in [0.29, 0.717) is 24.8 Å². The topological polar surface area (TPSA) is 12.5 Å². The number of anilines is 1. The first-order valence-corrected chi connectivity index (χ1v) is 6.49. The average molecular weight is 258 g/mol. The van der Waals surface area contributed by atoms with Crippen LogP contribution in [0.15, 0.2) is 18.2 Å². The van der Waals surface area contributed by atoms with E-state index in [1.807, 2.05) is 6.07 Å². The summed E-state index contributed by atoms with van der Waals surface area (Å²) in [6.07, 6.45) is 0.941. The lowest BCUT2D eigenvalue weighted by atomic mass is 10.1. The molecule has 0 aromatic heterocycles. The number of morpholine rings is 1. The number of para-hydroxylation sites is 1. The normalized spacial score (nSPS) is 20.6. The third kappa shape index (κ3) is 2.55. The van der Waals surface area contributed by atoms with Gasteiger partial charge in [-0.05, 0) is 18.1 Å². The molecule has 94 valence electrons. The van der Waals surface area contributed by atoms with Crippen molar-refractivity contribution in [3.05, 3.63) is 29.6 Å². The van der Waals surface area contributed by atoms with E-state index in [9.17, 15) is 4.39 Å². The van der Waals surface area contributed by atoms with Crippen molar-refractivity contribution in [3.63, 3.8) is 0 Å². The number of benzene rings is 1. The predicted octanol–water partition coefficient (Wildman–Crippen LogP) is 3.18. The van der Waals surface area contributed by atoms with Crippen LogP contribution >= 0.6 is 11.6 Å². The molecule has 1 aliphatic rings. The highest BCUT2D eigenvalue weighted by Crippen LogP contribution is 2.29. The van der Waals surface area contributed by atoms with Gasteiger partial charge in [0.25, 0.3) is 0 Å². The maximum Gasteiger partial charge on any atom is 0.146 e. The summed E-state index contributed by atoms with van der Waals surface area (Å²) in [5, 5.41) is 0. The number of hydrogen-bond acceptors (Lipinski definition) is 2. The lowest BCUT2D eigenvalue weighted by molar-refractivity contribution is 0.0925. The van der Waals surface area contributed by atoms with Gasteiger partial charge in [-0.1, -0.05) is 19.1 Å². The highest BCUT2D eigenvalue weighted by molar-refractivity contribution is 6.17. The molecule has 1 aromatic rings. The zero-order chi connectivity index (χ0) is 12.3. The van der Waals surface area contributed by atoms with Crippen molar-refractivity contribution in [3.8, 4) is 0 Å². The Balaban J connectivity index is 2.36. The van der Waals surface area contributed by atoms with Gasteiger partial charge in [-0.25, -0.2) is 4.39 Å². The Kier molecular flexibility index (Phi) is 4.24. The molecule has 17 heavy (non-hydrogen) atoms. The Morgan fingerprint density at radius 1 is 1.53 bits per heavy atom. The number of ether oxygens (including phenoxy) is 1. The molecule has 0 radical (unpaired) electrons. The summed E-state index contributed by atoms with van der Waals surface area (Å²) >= 11 is 5.89. The molecule has 0 spiro atoms. The fraction of sp³-hybridized carbons (Fsp3) is 0.538. The molecule has 0 N–H and O–H groups in total. The number of rotatable bonds is 3. The molecule has 1 atom stereocenters. The summed E-state index contributed by atoms with van der Waals surface area (Å²) in [5.41, 5.74) is 1.50. The van der Waals surface area contributed by atoms with Crippen LogP contribution in [-0.4, -0.2) is 25.8 Å². The van der Waals surface area contributed by atoms with E-state index in [4.69, 9.17) is 16.3 Å². The van der Waals surface area contributed by atoms with Gasteiger partial charge < -0.3 is 9.64 Å². The number of nitrogens with zero attached hydrogens (tertiary/aromatic N) is 1. The largest absolute Gasteiger partial charge is 0.377 e. The standard InChI is InChI=1S/C13H17ClFNO/c1-2-11-9-17-7-6-16(11)13-10(8-14)4-3-5-12(13)15/h3-5,11H,2,6-9H2,1H3. The first kappa shape index (κ1) is 12.7. The monoisotopic (exact) mass is 257 g/mol. The molecule has 4 heteroatoms. The van der Waals surface area contributed by atoms with E-state index >= 15 is 0 Å². The van der Waals surface area contributed by atoms with Crippen LogP contribution in [0.25, 0.3) is 0 Å². The number of halogens is 2. The Bertz CT molecular complexity index is 386. The quantitative estimate of drug-likeness (QED) is 0.771. The first-order valence-electron chi connectivity index (χ1n) is 5.95. The van der Waals surface area contributed by atoms with Crippen LogP contribution in [0.5, 0.6) is 0 Å². The van der Waals surface area contributed by atoms with Crippen LogP contribution in [0.1, 0.15) is 18.9 Å². The second kappa shape index (κ2) is 5.69. The van der Waals surface area contributed by atoms with Gasteiger partial charge in [-0.15, -0.1) is 11.6 Å². The molecule has 1 unspecified atom stereocenters. The van der Waals surface area contributed by atoms with Gasteiger partial charge in [0.1, 0.15) is 5.82 Å². The molecule has 0 saturated carbocycles. The predicted molar refractivity (Wildman–Crippen MR) is 68.2 cm³/mol. The molecular weight excluding hydrogens is 241 g/mol. The van der Waals surface area contributed by atoms with E-state index in [2.05, 4.69) is 11.8 Å². The molecule has 1 aliphatic heterocycles. The smallest absolute Gasteiger partial charge is 0.146 e. The molecule has 2 nitrogen and oxygen atoms in total. The first-order chi connectivity index (χ1) is 8.27. The van der Waals surface area contributed by atoms with Crippen LogP contribution in [0, 0.1) is 5.82 Å². The maximum atomic E-state index is 14.0. The van der Waals surface area contributed by atoms with Crippen LogP contribution in [0.2, 0.25) is 0 Å². The minimum absolute atomic E-state index is 0.191. The summed E-state index contributed by atoms with van der Waals surface area (Å²) < 4.78 is 19.4. The zero-order valence-electron chi connectivity index (χ0n) is 9.96. The van der Waals surface area contributed by atoms with Gasteiger partial charge in [0.05, 0.1) is 24.9 Å². The Morgan fingerprint density at radius 3 is 3.06 bits per heavy atom. The Morgan fingerprint density at radius 2 is 2.35 bits per heavy atom. The molecule has 0 aliphatic carbocycles. The molecule has 2 rings (SSSR count). The Hall–Kier alpha value is -0.800. The zero-order valence-corrected chi connectivity index (χ0v) is 10.7. The molecular formula is C13H17ClFNO. The lowest BCUT2D eigenvalue weighted by Gasteiger charge is -2.38. The second-order valence-electron chi connectivity index (χ2n) is 4.21. The fourth-order valence-electron chi connectivity index (χ4n) is 2.28. The van der Waals surface area contributed by atoms with Crippen molar-refractivity contribution in [2.24, 2.45) is 0 Å². The van der Waals surface area contributed by atoms with Crippen molar-refractivity contribution >= 4 is 17.3 Å². The van der Waals surface area contributed by atoms with Gasteiger partial charge in [0, 0.05) is 12.4 Å². The molecule has 0 amide bonds. The summed E-state index contributed by atoms with van der Waals surface area (Å²) in [5.74, 6) is 0.143. The van der Waals surface area contributed by atoms with Crippen molar-refractivity contribution in [2.75, 3.05) is 24.7 Å². The summed E-state index contributed by atoms with van der Waals surface area (Å²) in [4.78, 5) is 2.09. The second-order valence-corrected chi connectivity index (χ2v) is 4.48. The van der Waals surface area contributed by atoms with Gasteiger partial charge in [-0.2, -0.15) is 0 Å². The van der Waals surface area contributed by atoms with Crippen LogP contribution in [-0.2, 0) is 10.6 Å². The van der Waals surface area contributed by atoms with Crippen molar-refractivity contribution < 1.29 is 9.13 Å². The van der Waals surface area contributed by atoms with Crippen LogP contribution in [0.4, 0.5) is 10.1 Å². The fourth-order valence-corrected chi connectivity index (χ4v) is 2.49. The molecule has 1 fully saturated rings. The van der Waals surface area contributed by atoms with Crippen LogP contribution < -0.4 is 4.90 Å². The summed E-state index contributed by atoms with van der Waals surface area (Å²) in [7, 11) is 0. The molecule has 1 saturated heterocycles. The van der Waals surface area contributed by atoms with E-state index in [-0.39, 0.29) is 11.9 Å². The van der Waals surface area contributed by atoms with E-state index in [1.54, 1.807) is 6.07 Å². The molecule has 0 bridgehead atoms. The lowest BCUT2D eigenvalue weighted by Crippen LogP contribution is -2.46. The van der Waals surface area contributed by atoms with Crippen molar-refractivity contribution in [1.82, 2.24) is 0 Å². The minimum Gasteiger partial charge on any atom is -0.377 e. The third-order valence-corrected chi connectivity index (χ3v) is 3.49. The SMILES string of the molecule is CCC1COCCN1c1c(F)cccc1CCl. The average Bonchev–Trinajstić information content (AvgIpc) is 2.38. The third-order valence-electron chi connectivity index (χ3n) is 3.20. The Labute approximate surface area is 106 Å². The van der Waals surface area contributed by atoms with Crippen LogP contribution in [0.3, 0.4) is 0 Å². The van der Waals surface area contributed by atoms with Gasteiger partial charge >= 0.3 is 0 Å². The number of hydrogen-bond donors (Lipinski definition) is 0. The van der Waals surface area contributed by atoms with Gasteiger partial charge in [-0.3, -0.25) is 0 Å². The maximum absolute atomic E-state index is 14.0. The van der Waals surface area contributed by atoms with Crippen molar-refractivity contribution in [2.45, 2.75) is 25.3 Å². The van der Waals surface area contributed by atoms with Crippen molar-refractivity contribution in [1.29, 1.82) is 0 Å². The van der Waals surface area contributed by atoms with E-state index < -0.39 is 0 Å².